The molecule has 1 saturated heterocycles. The van der Waals surface area contributed by atoms with Gasteiger partial charge in [0.15, 0.2) is 22.3 Å². The van der Waals surface area contributed by atoms with E-state index < -0.39 is 5.72 Å². The molecule has 2 aromatic carbocycles. The average molecular weight is 354 g/mol. The molecular weight excluding hydrogens is 332 g/mol. The number of hydrogen-bond acceptors (Lipinski definition) is 3. The Morgan fingerprint density at radius 2 is 2.12 bits per heavy atom. The van der Waals surface area contributed by atoms with Crippen LogP contribution in [0.3, 0.4) is 0 Å². The second-order valence-corrected chi connectivity index (χ2v) is 7.11. The molecule has 0 amide bonds. The maximum atomic E-state index is 6.50. The summed E-state index contributed by atoms with van der Waals surface area (Å²) in [6.45, 7) is 4.25. The predicted molar refractivity (Wildman–Crippen MR) is 103 cm³/mol. The summed E-state index contributed by atoms with van der Waals surface area (Å²) < 4.78 is 12.0. The lowest BCUT2D eigenvalue weighted by atomic mass is 9.90. The zero-order valence-electron chi connectivity index (χ0n) is 14.7. The second-order valence-electron chi connectivity index (χ2n) is 6.72. The Hall–Kier alpha value is -2.27. The molecule has 0 radical (unpaired) electrons. The van der Waals surface area contributed by atoms with Gasteiger partial charge in [-0.15, -0.1) is 0 Å². The molecule has 2 aromatic rings. The van der Waals surface area contributed by atoms with Gasteiger partial charge in [-0.1, -0.05) is 31.2 Å². The molecule has 2 bridgehead atoms. The monoisotopic (exact) mass is 354 g/mol. The first-order valence-electron chi connectivity index (χ1n) is 8.61. The van der Waals surface area contributed by atoms with Crippen molar-refractivity contribution in [3.63, 3.8) is 0 Å². The topological polar surface area (TPSA) is 33.7 Å². The summed E-state index contributed by atoms with van der Waals surface area (Å²) in [5.74, 6) is 1.56. The van der Waals surface area contributed by atoms with Crippen LogP contribution < -0.4 is 19.7 Å². The SMILES string of the molecule is CCc1cccc(N2C(=S)NC3CC2(C)Oc2c(OC)cccc23)c1. The van der Waals surface area contributed by atoms with Gasteiger partial charge in [0.2, 0.25) is 0 Å². The third-order valence-corrected chi connectivity index (χ3v) is 5.36. The first-order valence-corrected chi connectivity index (χ1v) is 9.02. The largest absolute Gasteiger partial charge is 0.493 e. The standard InChI is InChI=1S/C20H22N2O2S/c1-4-13-7-5-8-14(11-13)22-19(25)21-16-12-20(22,2)24-18-15(16)9-6-10-17(18)23-3/h5-11,16H,4,12H2,1-3H3,(H,21,25). The Balaban J connectivity index is 1.81. The summed E-state index contributed by atoms with van der Waals surface area (Å²) >= 11 is 5.71. The van der Waals surface area contributed by atoms with Crippen LogP contribution >= 0.6 is 12.2 Å². The summed E-state index contributed by atoms with van der Waals surface area (Å²) in [5, 5.41) is 4.18. The van der Waals surface area contributed by atoms with Gasteiger partial charge in [-0.2, -0.15) is 0 Å². The smallest absolute Gasteiger partial charge is 0.188 e. The van der Waals surface area contributed by atoms with E-state index in [1.807, 2.05) is 12.1 Å². The summed E-state index contributed by atoms with van der Waals surface area (Å²) in [5.41, 5.74) is 2.87. The second kappa shape index (κ2) is 5.92. The summed E-state index contributed by atoms with van der Waals surface area (Å²) in [7, 11) is 1.67. The van der Waals surface area contributed by atoms with Crippen LogP contribution in [0.5, 0.6) is 11.5 Å². The van der Waals surface area contributed by atoms with Crippen molar-refractivity contribution in [2.45, 2.75) is 38.5 Å². The number of anilines is 1. The van der Waals surface area contributed by atoms with Crippen molar-refractivity contribution in [2.75, 3.05) is 12.0 Å². The number of thiocarbonyl (C=S) groups is 1. The summed E-state index contributed by atoms with van der Waals surface area (Å²) in [4.78, 5) is 2.09. The van der Waals surface area contributed by atoms with Crippen molar-refractivity contribution in [2.24, 2.45) is 0 Å². The normalized spacial score (nSPS) is 24.2. The van der Waals surface area contributed by atoms with Crippen LogP contribution in [0.25, 0.3) is 0 Å². The number of fused-ring (bicyclic) bond motifs is 4. The maximum absolute atomic E-state index is 6.50. The lowest BCUT2D eigenvalue weighted by molar-refractivity contribution is 0.0464. The third-order valence-electron chi connectivity index (χ3n) is 5.06. The molecule has 1 fully saturated rings. The minimum Gasteiger partial charge on any atom is -0.493 e. The van der Waals surface area contributed by atoms with Gasteiger partial charge in [-0.05, 0) is 49.3 Å². The molecule has 25 heavy (non-hydrogen) atoms. The van der Waals surface area contributed by atoms with Crippen LogP contribution in [0.15, 0.2) is 42.5 Å². The Kier molecular flexibility index (Phi) is 3.84. The lowest BCUT2D eigenvalue weighted by Crippen LogP contribution is -2.65. The van der Waals surface area contributed by atoms with Crippen LogP contribution in [0.4, 0.5) is 5.69 Å². The molecule has 4 rings (SSSR count). The summed E-state index contributed by atoms with van der Waals surface area (Å²) in [6.07, 6.45) is 1.79. The average Bonchev–Trinajstić information content (AvgIpc) is 2.60. The van der Waals surface area contributed by atoms with Gasteiger partial charge >= 0.3 is 0 Å². The number of para-hydroxylation sites is 1. The van der Waals surface area contributed by atoms with Gasteiger partial charge in [-0.3, -0.25) is 4.90 Å². The Morgan fingerprint density at radius 1 is 1.32 bits per heavy atom. The minimum atomic E-state index is -0.555. The number of benzene rings is 2. The predicted octanol–water partition coefficient (Wildman–Crippen LogP) is 4.19. The lowest BCUT2D eigenvalue weighted by Gasteiger charge is -2.52. The van der Waals surface area contributed by atoms with Crippen LogP contribution in [-0.4, -0.2) is 17.9 Å². The van der Waals surface area contributed by atoms with Gasteiger partial charge in [-0.25, -0.2) is 0 Å². The highest BCUT2D eigenvalue weighted by Gasteiger charge is 2.49. The first kappa shape index (κ1) is 16.2. The number of hydrogen-bond donors (Lipinski definition) is 1. The number of rotatable bonds is 3. The molecule has 2 aliphatic rings. The number of nitrogens with zero attached hydrogens (tertiary/aromatic N) is 1. The zero-order chi connectivity index (χ0) is 17.6. The van der Waals surface area contributed by atoms with Crippen LogP contribution in [0, 0.1) is 0 Å². The number of ether oxygens (including phenoxy) is 2. The van der Waals surface area contributed by atoms with Gasteiger partial charge in [0.05, 0.1) is 13.2 Å². The van der Waals surface area contributed by atoms with E-state index in [0.29, 0.717) is 5.11 Å². The summed E-state index contributed by atoms with van der Waals surface area (Å²) in [6, 6.07) is 14.6. The molecule has 1 N–H and O–H groups in total. The fraction of sp³-hybridized carbons (Fsp3) is 0.350. The zero-order valence-corrected chi connectivity index (χ0v) is 15.5. The first-order chi connectivity index (χ1) is 12.1. The van der Waals surface area contributed by atoms with Gasteiger partial charge in [0.25, 0.3) is 0 Å². The highest BCUT2D eigenvalue weighted by atomic mass is 32.1. The Morgan fingerprint density at radius 3 is 2.88 bits per heavy atom. The molecule has 4 nitrogen and oxygen atoms in total. The van der Waals surface area contributed by atoms with E-state index in [4.69, 9.17) is 21.7 Å². The van der Waals surface area contributed by atoms with E-state index in [0.717, 1.165) is 35.6 Å². The molecule has 0 saturated carbocycles. The fourth-order valence-corrected chi connectivity index (χ4v) is 4.27. The van der Waals surface area contributed by atoms with E-state index in [9.17, 15) is 0 Å². The van der Waals surface area contributed by atoms with Gasteiger partial charge in [0.1, 0.15) is 0 Å². The molecule has 2 unspecified atom stereocenters. The van der Waals surface area contributed by atoms with E-state index in [1.165, 1.54) is 5.56 Å². The van der Waals surface area contributed by atoms with Crippen molar-refractivity contribution in [1.82, 2.24) is 5.32 Å². The van der Waals surface area contributed by atoms with Crippen LogP contribution in [0.1, 0.15) is 37.4 Å². The van der Waals surface area contributed by atoms with Crippen molar-refractivity contribution in [3.8, 4) is 11.5 Å². The molecule has 130 valence electrons. The van der Waals surface area contributed by atoms with E-state index in [-0.39, 0.29) is 6.04 Å². The number of methoxy groups -OCH3 is 1. The van der Waals surface area contributed by atoms with Crippen molar-refractivity contribution in [3.05, 3.63) is 53.6 Å². The molecular formula is C20H22N2O2S. The number of aryl methyl sites for hydroxylation is 1. The van der Waals surface area contributed by atoms with Gasteiger partial charge in [0, 0.05) is 17.7 Å². The highest BCUT2D eigenvalue weighted by Crippen LogP contribution is 2.49. The third kappa shape index (κ3) is 2.54. The molecule has 2 aliphatic heterocycles. The van der Waals surface area contributed by atoms with Crippen LogP contribution in [-0.2, 0) is 6.42 Å². The maximum Gasteiger partial charge on any atom is 0.188 e. The molecule has 0 spiro atoms. The van der Waals surface area contributed by atoms with Crippen molar-refractivity contribution in [1.29, 1.82) is 0 Å². The van der Waals surface area contributed by atoms with E-state index in [2.05, 4.69) is 54.4 Å². The van der Waals surface area contributed by atoms with Crippen molar-refractivity contribution >= 4 is 23.0 Å². The molecule has 0 aliphatic carbocycles. The molecule has 2 atom stereocenters. The minimum absolute atomic E-state index is 0.127. The molecule has 5 heteroatoms. The van der Waals surface area contributed by atoms with E-state index in [1.54, 1.807) is 7.11 Å². The Bertz CT molecular complexity index is 838. The number of nitrogens with one attached hydrogen (secondary N) is 1. The van der Waals surface area contributed by atoms with E-state index >= 15 is 0 Å². The van der Waals surface area contributed by atoms with Crippen LogP contribution in [0.2, 0.25) is 0 Å². The Labute approximate surface area is 153 Å². The molecule has 2 heterocycles. The quantitative estimate of drug-likeness (QED) is 0.836. The van der Waals surface area contributed by atoms with Gasteiger partial charge < -0.3 is 14.8 Å². The van der Waals surface area contributed by atoms with Crippen molar-refractivity contribution < 1.29 is 9.47 Å². The highest BCUT2D eigenvalue weighted by molar-refractivity contribution is 7.80. The fourth-order valence-electron chi connectivity index (χ4n) is 3.83. The molecule has 0 aromatic heterocycles.